The van der Waals surface area contributed by atoms with Crippen LogP contribution >= 0.6 is 11.6 Å². The normalized spacial score (nSPS) is 17.2. The van der Waals surface area contributed by atoms with E-state index in [1.54, 1.807) is 7.11 Å². The Morgan fingerprint density at radius 2 is 2.07 bits per heavy atom. The van der Waals surface area contributed by atoms with E-state index < -0.39 is 0 Å². The molecular weight excluding hydrogens is 360 g/mol. The van der Waals surface area contributed by atoms with Gasteiger partial charge in [0.2, 0.25) is 5.91 Å². The van der Waals surface area contributed by atoms with E-state index in [4.69, 9.17) is 16.3 Å². The van der Waals surface area contributed by atoms with Crippen LogP contribution < -0.4 is 5.32 Å². The number of ether oxygens (including phenoxy) is 1. The fraction of sp³-hybridized carbons (Fsp3) is 0.409. The number of benzene rings is 2. The van der Waals surface area contributed by atoms with Gasteiger partial charge in [-0.2, -0.15) is 0 Å². The highest BCUT2D eigenvalue weighted by molar-refractivity contribution is 6.31. The smallest absolute Gasteiger partial charge is 0.237 e. The Labute approximate surface area is 166 Å². The Balaban J connectivity index is 1.70. The Hall–Kier alpha value is -1.88. The predicted octanol–water partition coefficient (Wildman–Crippen LogP) is 4.04. The van der Waals surface area contributed by atoms with Crippen molar-refractivity contribution in [2.75, 3.05) is 26.8 Å². The van der Waals surface area contributed by atoms with E-state index in [0.717, 1.165) is 47.6 Å². The first-order valence-corrected chi connectivity index (χ1v) is 9.82. The number of hydrogen-bond acceptors (Lipinski definition) is 3. The van der Waals surface area contributed by atoms with Crippen LogP contribution in [0.4, 0.5) is 0 Å². The zero-order chi connectivity index (χ0) is 19.2. The molecule has 2 aromatic rings. The Morgan fingerprint density at radius 3 is 2.85 bits per heavy atom. The predicted molar refractivity (Wildman–Crippen MR) is 110 cm³/mol. The zero-order valence-electron chi connectivity index (χ0n) is 16.0. The fourth-order valence-electron chi connectivity index (χ4n) is 3.56. The van der Waals surface area contributed by atoms with E-state index in [2.05, 4.69) is 40.5 Å². The van der Waals surface area contributed by atoms with Crippen LogP contribution in [0.5, 0.6) is 0 Å². The van der Waals surface area contributed by atoms with E-state index >= 15 is 0 Å². The summed E-state index contributed by atoms with van der Waals surface area (Å²) in [5, 5.41) is 3.75. The lowest BCUT2D eigenvalue weighted by Crippen LogP contribution is -2.43. The van der Waals surface area contributed by atoms with Gasteiger partial charge in [0.15, 0.2) is 0 Å². The van der Waals surface area contributed by atoms with Crippen molar-refractivity contribution in [2.24, 2.45) is 0 Å². The lowest BCUT2D eigenvalue weighted by molar-refractivity contribution is -0.125. The molecule has 1 saturated heterocycles. The lowest BCUT2D eigenvalue weighted by Gasteiger charge is -2.24. The minimum Gasteiger partial charge on any atom is -0.383 e. The number of halogens is 1. The van der Waals surface area contributed by atoms with Crippen molar-refractivity contribution in [2.45, 2.75) is 32.4 Å². The Bertz CT molecular complexity index is 794. The molecule has 3 rings (SSSR count). The molecule has 1 atom stereocenters. The van der Waals surface area contributed by atoms with Gasteiger partial charge < -0.3 is 10.1 Å². The summed E-state index contributed by atoms with van der Waals surface area (Å²) in [4.78, 5) is 14.7. The molecule has 0 spiro atoms. The van der Waals surface area contributed by atoms with Crippen LogP contribution in [0.25, 0.3) is 11.1 Å². The summed E-state index contributed by atoms with van der Waals surface area (Å²) in [6.45, 7) is 4.83. The summed E-state index contributed by atoms with van der Waals surface area (Å²) in [5.74, 6) is 0.103. The monoisotopic (exact) mass is 386 g/mol. The molecule has 144 valence electrons. The van der Waals surface area contributed by atoms with E-state index in [0.29, 0.717) is 13.2 Å². The third-order valence-corrected chi connectivity index (χ3v) is 5.50. The molecule has 1 aliphatic heterocycles. The molecule has 0 saturated carbocycles. The maximum absolute atomic E-state index is 12.5. The summed E-state index contributed by atoms with van der Waals surface area (Å²) in [6.07, 6.45) is 1.96. The molecule has 1 unspecified atom stereocenters. The highest BCUT2D eigenvalue weighted by atomic mass is 35.5. The van der Waals surface area contributed by atoms with Gasteiger partial charge in [0.05, 0.1) is 12.6 Å². The molecule has 5 heteroatoms. The summed E-state index contributed by atoms with van der Waals surface area (Å²) < 4.78 is 5.01. The van der Waals surface area contributed by atoms with Crippen molar-refractivity contribution in [1.29, 1.82) is 0 Å². The first-order valence-electron chi connectivity index (χ1n) is 9.44. The Morgan fingerprint density at radius 1 is 1.26 bits per heavy atom. The van der Waals surface area contributed by atoms with Crippen molar-refractivity contribution in [3.05, 3.63) is 58.6 Å². The second-order valence-electron chi connectivity index (χ2n) is 7.08. The zero-order valence-corrected chi connectivity index (χ0v) is 16.8. The second kappa shape index (κ2) is 9.36. The number of aryl methyl sites for hydroxylation is 1. The van der Waals surface area contributed by atoms with Gasteiger partial charge in [0.25, 0.3) is 0 Å². The van der Waals surface area contributed by atoms with E-state index in [-0.39, 0.29) is 11.9 Å². The van der Waals surface area contributed by atoms with Gasteiger partial charge in [-0.3, -0.25) is 9.69 Å². The number of carbonyl (C=O) groups is 1. The van der Waals surface area contributed by atoms with Crippen molar-refractivity contribution in [1.82, 2.24) is 10.2 Å². The van der Waals surface area contributed by atoms with Crippen molar-refractivity contribution < 1.29 is 9.53 Å². The number of rotatable bonds is 7. The van der Waals surface area contributed by atoms with Crippen LogP contribution in [0, 0.1) is 6.92 Å². The molecule has 1 aliphatic rings. The van der Waals surface area contributed by atoms with E-state index in [1.807, 2.05) is 19.1 Å². The number of hydrogen-bond donors (Lipinski definition) is 1. The van der Waals surface area contributed by atoms with Gasteiger partial charge in [-0.1, -0.05) is 41.9 Å². The maximum Gasteiger partial charge on any atom is 0.237 e. The average Bonchev–Trinajstić information content (AvgIpc) is 3.12. The van der Waals surface area contributed by atoms with Crippen LogP contribution in [-0.4, -0.2) is 43.7 Å². The minimum atomic E-state index is -0.0562. The standard InChI is InChI=1S/C22H27ClN2O2/c1-16-8-9-19(14-20(16)23)18-6-3-5-17(13-18)15-25-11-4-7-21(25)22(26)24-10-12-27-2/h3,5-6,8-9,13-14,21H,4,7,10-12,15H2,1-2H3,(H,24,26). The number of carbonyl (C=O) groups excluding carboxylic acids is 1. The molecule has 0 aromatic heterocycles. The molecule has 1 fully saturated rings. The van der Waals surface area contributed by atoms with Crippen molar-refractivity contribution in [3.8, 4) is 11.1 Å². The molecule has 1 N–H and O–H groups in total. The van der Waals surface area contributed by atoms with Crippen LogP contribution in [-0.2, 0) is 16.1 Å². The SMILES string of the molecule is COCCNC(=O)C1CCCN1Cc1cccc(-c2ccc(C)c(Cl)c2)c1. The summed E-state index contributed by atoms with van der Waals surface area (Å²) >= 11 is 6.29. The number of likely N-dealkylation sites (tertiary alicyclic amines) is 1. The molecule has 1 heterocycles. The minimum absolute atomic E-state index is 0.0562. The third kappa shape index (κ3) is 5.10. The van der Waals surface area contributed by atoms with Gasteiger partial charge in [0.1, 0.15) is 0 Å². The topological polar surface area (TPSA) is 41.6 Å². The van der Waals surface area contributed by atoms with E-state index in [9.17, 15) is 4.79 Å². The fourth-order valence-corrected chi connectivity index (χ4v) is 3.74. The Kier molecular flexibility index (Phi) is 6.89. The largest absolute Gasteiger partial charge is 0.383 e. The molecule has 27 heavy (non-hydrogen) atoms. The van der Waals surface area contributed by atoms with Crippen LogP contribution in [0.15, 0.2) is 42.5 Å². The highest BCUT2D eigenvalue weighted by Crippen LogP contribution is 2.27. The molecular formula is C22H27ClN2O2. The quantitative estimate of drug-likeness (QED) is 0.730. The summed E-state index contributed by atoms with van der Waals surface area (Å²) in [7, 11) is 1.64. The molecule has 0 bridgehead atoms. The first-order chi connectivity index (χ1) is 13.1. The van der Waals surface area contributed by atoms with Gasteiger partial charge in [-0.05, 0) is 60.7 Å². The van der Waals surface area contributed by atoms with Crippen molar-refractivity contribution >= 4 is 17.5 Å². The van der Waals surface area contributed by atoms with Crippen LogP contribution in [0.1, 0.15) is 24.0 Å². The highest BCUT2D eigenvalue weighted by Gasteiger charge is 2.30. The van der Waals surface area contributed by atoms with Gasteiger partial charge in [-0.25, -0.2) is 0 Å². The third-order valence-electron chi connectivity index (χ3n) is 5.09. The molecule has 0 aliphatic carbocycles. The van der Waals surface area contributed by atoms with Crippen LogP contribution in [0.2, 0.25) is 5.02 Å². The maximum atomic E-state index is 12.5. The van der Waals surface area contributed by atoms with Gasteiger partial charge in [-0.15, -0.1) is 0 Å². The average molecular weight is 387 g/mol. The number of nitrogens with one attached hydrogen (secondary N) is 1. The number of nitrogens with zero attached hydrogens (tertiary/aromatic N) is 1. The molecule has 0 radical (unpaired) electrons. The first kappa shape index (κ1) is 19.9. The second-order valence-corrected chi connectivity index (χ2v) is 7.48. The van der Waals surface area contributed by atoms with Crippen molar-refractivity contribution in [3.63, 3.8) is 0 Å². The van der Waals surface area contributed by atoms with E-state index in [1.165, 1.54) is 5.56 Å². The number of amides is 1. The summed E-state index contributed by atoms with van der Waals surface area (Å²) in [6, 6.07) is 14.6. The molecule has 4 nitrogen and oxygen atoms in total. The summed E-state index contributed by atoms with van der Waals surface area (Å²) in [5.41, 5.74) is 4.55. The molecule has 2 aromatic carbocycles. The van der Waals surface area contributed by atoms with Gasteiger partial charge >= 0.3 is 0 Å². The lowest BCUT2D eigenvalue weighted by atomic mass is 10.0. The molecule has 1 amide bonds. The van der Waals surface area contributed by atoms with Crippen LogP contribution in [0.3, 0.4) is 0 Å². The number of methoxy groups -OCH3 is 1. The van der Waals surface area contributed by atoms with Gasteiger partial charge in [0, 0.05) is 25.2 Å².